The van der Waals surface area contributed by atoms with Crippen LogP contribution in [0.15, 0.2) is 16.6 Å². The maximum absolute atomic E-state index is 14.3. The third-order valence-electron chi connectivity index (χ3n) is 4.23. The van der Waals surface area contributed by atoms with Crippen molar-refractivity contribution < 1.29 is 8.78 Å². The molecule has 1 N–H and O–H groups in total. The molecule has 0 aromatic heterocycles. The molecule has 5 heteroatoms. The fraction of sp³-hybridized carbons (Fsp3) is 0.625. The largest absolute Gasteiger partial charge is 0.361 e. The van der Waals surface area contributed by atoms with Crippen LogP contribution in [0.2, 0.25) is 0 Å². The fourth-order valence-corrected chi connectivity index (χ4v) is 3.30. The number of rotatable bonds is 3. The fourth-order valence-electron chi connectivity index (χ4n) is 2.90. The van der Waals surface area contributed by atoms with Crippen LogP contribution in [-0.2, 0) is 0 Å². The first-order chi connectivity index (χ1) is 9.81. The highest BCUT2D eigenvalue weighted by molar-refractivity contribution is 9.10. The van der Waals surface area contributed by atoms with E-state index in [1.54, 1.807) is 0 Å². The van der Waals surface area contributed by atoms with Gasteiger partial charge in [0.15, 0.2) is 11.6 Å². The predicted octanol–water partition coefficient (Wildman–Crippen LogP) is 4.19. The van der Waals surface area contributed by atoms with E-state index in [1.165, 1.54) is 12.1 Å². The van der Waals surface area contributed by atoms with E-state index in [0.29, 0.717) is 22.9 Å². The summed E-state index contributed by atoms with van der Waals surface area (Å²) in [7, 11) is 0. The van der Waals surface area contributed by atoms with Crippen LogP contribution in [0, 0.1) is 23.5 Å². The van der Waals surface area contributed by atoms with Crippen molar-refractivity contribution >= 4 is 21.6 Å². The lowest BCUT2D eigenvalue weighted by Crippen LogP contribution is -2.60. The summed E-state index contributed by atoms with van der Waals surface area (Å²) in [6, 6.07) is 3.00. The first-order valence-corrected chi connectivity index (χ1v) is 8.25. The lowest BCUT2D eigenvalue weighted by atomic mass is 9.93. The molecule has 0 amide bonds. The molecule has 21 heavy (non-hydrogen) atoms. The summed E-state index contributed by atoms with van der Waals surface area (Å²) in [6.07, 6.45) is 0. The van der Waals surface area contributed by atoms with Gasteiger partial charge in [-0.1, -0.05) is 43.6 Å². The van der Waals surface area contributed by atoms with E-state index >= 15 is 0 Å². The Kier molecular flexibility index (Phi) is 5.25. The van der Waals surface area contributed by atoms with Crippen LogP contribution in [-0.4, -0.2) is 25.2 Å². The van der Waals surface area contributed by atoms with Crippen molar-refractivity contribution in [2.75, 3.05) is 18.0 Å². The second kappa shape index (κ2) is 6.61. The molecule has 2 rings (SSSR count). The van der Waals surface area contributed by atoms with E-state index < -0.39 is 11.6 Å². The molecule has 1 aromatic rings. The molecule has 1 aliphatic rings. The summed E-state index contributed by atoms with van der Waals surface area (Å²) in [5.74, 6) is -0.274. The number of nitrogens with one attached hydrogen (secondary N) is 1. The molecule has 1 aliphatic heterocycles. The molecule has 1 aromatic carbocycles. The average molecular weight is 361 g/mol. The Bertz CT molecular complexity index is 482. The first kappa shape index (κ1) is 16.7. The van der Waals surface area contributed by atoms with Crippen molar-refractivity contribution in [3.63, 3.8) is 0 Å². The van der Waals surface area contributed by atoms with Gasteiger partial charge in [0.2, 0.25) is 0 Å². The molecular formula is C16H23BrF2N2. The maximum atomic E-state index is 14.3. The number of nitrogens with zero attached hydrogens (tertiary/aromatic N) is 1. The van der Waals surface area contributed by atoms with E-state index in [4.69, 9.17) is 0 Å². The minimum absolute atomic E-state index is 0.0881. The highest BCUT2D eigenvalue weighted by Crippen LogP contribution is 2.32. The Hall–Kier alpha value is -0.680. The number of halogens is 3. The number of hydrogen-bond donors (Lipinski definition) is 1. The van der Waals surface area contributed by atoms with Gasteiger partial charge in [0, 0.05) is 29.6 Å². The molecule has 0 bridgehead atoms. The highest BCUT2D eigenvalue weighted by Gasteiger charge is 2.34. The van der Waals surface area contributed by atoms with Crippen molar-refractivity contribution in [3.8, 4) is 0 Å². The molecule has 0 saturated carbocycles. The molecule has 0 radical (unpaired) electrons. The highest BCUT2D eigenvalue weighted by atomic mass is 79.9. The zero-order valence-corrected chi connectivity index (χ0v) is 14.5. The standard InChI is InChI=1S/C16H23BrF2N2/c1-9(2)14-8-21(15(7-20-14)10(3)4)16-12(18)5-11(17)6-13(16)19/h5-6,9-10,14-15,20H,7-8H2,1-4H3. The van der Waals surface area contributed by atoms with Crippen LogP contribution in [0.1, 0.15) is 27.7 Å². The van der Waals surface area contributed by atoms with Crippen LogP contribution >= 0.6 is 15.9 Å². The predicted molar refractivity (Wildman–Crippen MR) is 86.7 cm³/mol. The van der Waals surface area contributed by atoms with E-state index in [9.17, 15) is 8.78 Å². The second-order valence-corrected chi connectivity index (χ2v) is 7.36. The SMILES string of the molecule is CC(C)C1CN(c2c(F)cc(Br)cc2F)C(C(C)C)CN1. The minimum Gasteiger partial charge on any atom is -0.361 e. The molecule has 0 spiro atoms. The van der Waals surface area contributed by atoms with Crippen molar-refractivity contribution in [2.45, 2.75) is 39.8 Å². The van der Waals surface area contributed by atoms with Crippen LogP contribution < -0.4 is 10.2 Å². The van der Waals surface area contributed by atoms with Gasteiger partial charge in [-0.25, -0.2) is 8.78 Å². The molecule has 2 nitrogen and oxygen atoms in total. The number of piperazine rings is 1. The van der Waals surface area contributed by atoms with E-state index in [2.05, 4.69) is 48.9 Å². The van der Waals surface area contributed by atoms with Gasteiger partial charge in [0.25, 0.3) is 0 Å². The molecule has 118 valence electrons. The molecule has 1 heterocycles. The van der Waals surface area contributed by atoms with E-state index in [1.807, 2.05) is 4.90 Å². The first-order valence-electron chi connectivity index (χ1n) is 7.45. The lowest BCUT2D eigenvalue weighted by molar-refractivity contribution is 0.291. The zero-order chi connectivity index (χ0) is 15.7. The molecule has 0 aliphatic carbocycles. The maximum Gasteiger partial charge on any atom is 0.150 e. The van der Waals surface area contributed by atoms with Crippen LogP contribution in [0.3, 0.4) is 0 Å². The summed E-state index contributed by atoms with van der Waals surface area (Å²) < 4.78 is 29.1. The Labute approximate surface area is 134 Å². The van der Waals surface area contributed by atoms with Crippen molar-refractivity contribution in [3.05, 3.63) is 28.2 Å². The lowest BCUT2D eigenvalue weighted by Gasteiger charge is -2.45. The van der Waals surface area contributed by atoms with E-state index in [0.717, 1.165) is 6.54 Å². The van der Waals surface area contributed by atoms with Gasteiger partial charge in [-0.15, -0.1) is 0 Å². The monoisotopic (exact) mass is 360 g/mol. The third-order valence-corrected chi connectivity index (χ3v) is 4.68. The van der Waals surface area contributed by atoms with Gasteiger partial charge in [0.1, 0.15) is 5.69 Å². The molecule has 1 fully saturated rings. The third kappa shape index (κ3) is 3.57. The quantitative estimate of drug-likeness (QED) is 0.869. The van der Waals surface area contributed by atoms with Gasteiger partial charge >= 0.3 is 0 Å². The summed E-state index contributed by atoms with van der Waals surface area (Å²) in [5.41, 5.74) is 0.101. The molecular weight excluding hydrogens is 338 g/mol. The minimum atomic E-state index is -0.503. The van der Waals surface area contributed by atoms with Gasteiger partial charge in [-0.05, 0) is 24.0 Å². The Balaban J connectivity index is 2.40. The van der Waals surface area contributed by atoms with Crippen LogP contribution in [0.25, 0.3) is 0 Å². The number of hydrogen-bond acceptors (Lipinski definition) is 2. The van der Waals surface area contributed by atoms with Crippen LogP contribution in [0.5, 0.6) is 0 Å². The van der Waals surface area contributed by atoms with Gasteiger partial charge in [0.05, 0.1) is 0 Å². The zero-order valence-electron chi connectivity index (χ0n) is 13.0. The van der Waals surface area contributed by atoms with Gasteiger partial charge in [-0.3, -0.25) is 0 Å². The summed E-state index contributed by atoms with van der Waals surface area (Å²) in [4.78, 5) is 1.91. The van der Waals surface area contributed by atoms with Gasteiger partial charge < -0.3 is 10.2 Å². The van der Waals surface area contributed by atoms with Crippen molar-refractivity contribution in [1.82, 2.24) is 5.32 Å². The van der Waals surface area contributed by atoms with Crippen LogP contribution in [0.4, 0.5) is 14.5 Å². The van der Waals surface area contributed by atoms with Crippen molar-refractivity contribution in [2.24, 2.45) is 11.8 Å². The Morgan fingerprint density at radius 1 is 1.14 bits per heavy atom. The smallest absolute Gasteiger partial charge is 0.150 e. The average Bonchev–Trinajstić information content (AvgIpc) is 2.36. The topological polar surface area (TPSA) is 15.3 Å². The molecule has 1 saturated heterocycles. The Morgan fingerprint density at radius 3 is 2.19 bits per heavy atom. The number of benzene rings is 1. The van der Waals surface area contributed by atoms with Gasteiger partial charge in [-0.2, -0.15) is 0 Å². The van der Waals surface area contributed by atoms with Crippen molar-refractivity contribution in [1.29, 1.82) is 0 Å². The Morgan fingerprint density at radius 2 is 1.71 bits per heavy atom. The molecule has 2 atom stereocenters. The molecule has 2 unspecified atom stereocenters. The van der Waals surface area contributed by atoms with E-state index in [-0.39, 0.29) is 17.8 Å². The normalized spacial score (nSPS) is 23.2. The second-order valence-electron chi connectivity index (χ2n) is 6.44. The summed E-state index contributed by atoms with van der Waals surface area (Å²) in [6.45, 7) is 9.79. The summed E-state index contributed by atoms with van der Waals surface area (Å²) in [5, 5.41) is 3.50. The summed E-state index contributed by atoms with van der Waals surface area (Å²) >= 11 is 3.14. The number of anilines is 1.